The Morgan fingerprint density at radius 2 is 1.66 bits per heavy atom. The smallest absolute Gasteiger partial charge is 0.175 e. The molecule has 8 heteroatoms. The SMILES string of the molecule is COc1cc(NC(=S)Nc2c(C)nn(Cc3ccc(Br)cc3)c2C)cc(OC)c1. The molecule has 1 heterocycles. The number of halogens is 1. The van der Waals surface area contributed by atoms with Crippen LogP contribution in [0.1, 0.15) is 17.0 Å². The van der Waals surface area contributed by atoms with Gasteiger partial charge in [-0.3, -0.25) is 4.68 Å². The molecule has 0 amide bonds. The van der Waals surface area contributed by atoms with E-state index < -0.39 is 0 Å². The Bertz CT molecular complexity index is 996. The zero-order chi connectivity index (χ0) is 21.0. The Balaban J connectivity index is 1.74. The highest BCUT2D eigenvalue weighted by atomic mass is 79.9. The van der Waals surface area contributed by atoms with Crippen LogP contribution in [0.3, 0.4) is 0 Å². The van der Waals surface area contributed by atoms with E-state index in [1.54, 1.807) is 14.2 Å². The van der Waals surface area contributed by atoms with Gasteiger partial charge in [-0.2, -0.15) is 5.10 Å². The predicted molar refractivity (Wildman–Crippen MR) is 124 cm³/mol. The van der Waals surface area contributed by atoms with Crippen LogP contribution in [-0.4, -0.2) is 29.1 Å². The van der Waals surface area contributed by atoms with Gasteiger partial charge in [-0.15, -0.1) is 0 Å². The van der Waals surface area contributed by atoms with Crippen LogP contribution in [0.25, 0.3) is 0 Å². The fourth-order valence-electron chi connectivity index (χ4n) is 2.95. The molecule has 0 bridgehead atoms. The predicted octanol–water partition coefficient (Wildman–Crippen LogP) is 5.14. The van der Waals surface area contributed by atoms with Gasteiger partial charge in [0.15, 0.2) is 5.11 Å². The van der Waals surface area contributed by atoms with Gasteiger partial charge >= 0.3 is 0 Å². The van der Waals surface area contributed by atoms with Crippen molar-refractivity contribution < 1.29 is 9.47 Å². The van der Waals surface area contributed by atoms with Crippen molar-refractivity contribution in [3.8, 4) is 11.5 Å². The largest absolute Gasteiger partial charge is 0.497 e. The second kappa shape index (κ2) is 9.28. The Kier molecular flexibility index (Phi) is 6.76. The highest BCUT2D eigenvalue weighted by molar-refractivity contribution is 9.10. The summed E-state index contributed by atoms with van der Waals surface area (Å²) >= 11 is 8.97. The van der Waals surface area contributed by atoms with Crippen LogP contribution in [0.15, 0.2) is 46.9 Å². The van der Waals surface area contributed by atoms with E-state index in [9.17, 15) is 0 Å². The molecule has 0 fully saturated rings. The third kappa shape index (κ3) is 5.27. The van der Waals surface area contributed by atoms with E-state index in [1.165, 1.54) is 5.56 Å². The number of ether oxygens (including phenoxy) is 2. The number of aryl methyl sites for hydroxylation is 1. The number of nitrogens with one attached hydrogen (secondary N) is 2. The van der Waals surface area contributed by atoms with E-state index >= 15 is 0 Å². The molecule has 3 aromatic rings. The van der Waals surface area contributed by atoms with Gasteiger partial charge in [-0.25, -0.2) is 0 Å². The highest BCUT2D eigenvalue weighted by Gasteiger charge is 2.13. The zero-order valence-corrected chi connectivity index (χ0v) is 19.1. The molecule has 2 aromatic carbocycles. The molecule has 0 atom stereocenters. The summed E-state index contributed by atoms with van der Waals surface area (Å²) in [6.07, 6.45) is 0. The van der Waals surface area contributed by atoms with Gasteiger partial charge in [-0.1, -0.05) is 28.1 Å². The fourth-order valence-corrected chi connectivity index (χ4v) is 3.43. The number of aromatic nitrogens is 2. The van der Waals surface area contributed by atoms with Gasteiger partial charge in [0.1, 0.15) is 11.5 Å². The van der Waals surface area contributed by atoms with E-state index in [1.807, 2.05) is 48.9 Å². The van der Waals surface area contributed by atoms with Crippen LogP contribution in [0, 0.1) is 13.8 Å². The maximum atomic E-state index is 5.50. The maximum absolute atomic E-state index is 5.50. The first-order valence-corrected chi connectivity index (χ1v) is 10.2. The average molecular weight is 475 g/mol. The van der Waals surface area contributed by atoms with Crippen molar-refractivity contribution in [2.24, 2.45) is 0 Å². The first-order chi connectivity index (χ1) is 13.9. The van der Waals surface area contributed by atoms with Crippen LogP contribution >= 0.6 is 28.1 Å². The summed E-state index contributed by atoms with van der Waals surface area (Å²) in [7, 11) is 3.23. The minimum absolute atomic E-state index is 0.467. The van der Waals surface area contributed by atoms with Crippen LogP contribution < -0.4 is 20.1 Å². The van der Waals surface area contributed by atoms with Gasteiger partial charge in [0, 0.05) is 28.4 Å². The van der Waals surface area contributed by atoms with Crippen LogP contribution in [0.4, 0.5) is 11.4 Å². The molecule has 0 unspecified atom stereocenters. The molecule has 1 aromatic heterocycles. The second-order valence-corrected chi connectivity index (χ2v) is 7.83. The molecule has 0 radical (unpaired) electrons. The average Bonchev–Trinajstić information content (AvgIpc) is 2.96. The van der Waals surface area contributed by atoms with Crippen molar-refractivity contribution in [2.45, 2.75) is 20.4 Å². The van der Waals surface area contributed by atoms with Crippen LogP contribution in [0.2, 0.25) is 0 Å². The van der Waals surface area contributed by atoms with Crippen molar-refractivity contribution in [2.75, 3.05) is 24.9 Å². The Labute approximate surface area is 184 Å². The molecule has 29 heavy (non-hydrogen) atoms. The first-order valence-electron chi connectivity index (χ1n) is 8.99. The summed E-state index contributed by atoms with van der Waals surface area (Å²) in [4.78, 5) is 0. The molecule has 0 spiro atoms. The van der Waals surface area contributed by atoms with E-state index in [0.29, 0.717) is 23.2 Å². The number of benzene rings is 2. The lowest BCUT2D eigenvalue weighted by Crippen LogP contribution is -2.20. The molecule has 152 valence electrons. The molecular formula is C21H23BrN4O2S. The number of methoxy groups -OCH3 is 2. The fraction of sp³-hybridized carbons (Fsp3) is 0.238. The minimum Gasteiger partial charge on any atom is -0.497 e. The van der Waals surface area contributed by atoms with Crippen molar-refractivity contribution >= 4 is 44.6 Å². The lowest BCUT2D eigenvalue weighted by Gasteiger charge is -2.13. The first kappa shape index (κ1) is 21.1. The van der Waals surface area contributed by atoms with Crippen molar-refractivity contribution in [1.29, 1.82) is 0 Å². The Morgan fingerprint density at radius 3 is 2.24 bits per heavy atom. The van der Waals surface area contributed by atoms with Crippen LogP contribution in [-0.2, 0) is 6.54 Å². The number of rotatable bonds is 6. The second-order valence-electron chi connectivity index (χ2n) is 6.51. The lowest BCUT2D eigenvalue weighted by atomic mass is 10.2. The third-order valence-electron chi connectivity index (χ3n) is 4.47. The summed E-state index contributed by atoms with van der Waals surface area (Å²) in [5.41, 5.74) is 4.74. The molecule has 0 saturated carbocycles. The normalized spacial score (nSPS) is 10.5. The van der Waals surface area contributed by atoms with Gasteiger partial charge in [-0.05, 0) is 43.8 Å². The minimum atomic E-state index is 0.467. The molecule has 3 rings (SSSR count). The number of hydrogen-bond donors (Lipinski definition) is 2. The topological polar surface area (TPSA) is 60.3 Å². The molecule has 6 nitrogen and oxygen atoms in total. The molecule has 0 aliphatic rings. The number of anilines is 2. The molecule has 0 aliphatic carbocycles. The Hall–Kier alpha value is -2.58. The Morgan fingerprint density at radius 1 is 1.03 bits per heavy atom. The van der Waals surface area contributed by atoms with E-state index in [2.05, 4.69) is 43.8 Å². The monoisotopic (exact) mass is 474 g/mol. The third-order valence-corrected chi connectivity index (χ3v) is 5.21. The van der Waals surface area contributed by atoms with E-state index in [0.717, 1.165) is 27.2 Å². The van der Waals surface area contributed by atoms with Crippen molar-refractivity contribution in [3.05, 3.63) is 63.9 Å². The van der Waals surface area contributed by atoms with Gasteiger partial charge < -0.3 is 20.1 Å². The standard InChI is InChI=1S/C21H23BrN4O2S/c1-13-20(14(2)26(25-13)12-15-5-7-16(22)8-6-15)24-21(29)23-17-9-18(27-3)11-19(10-17)28-4/h5-11H,12H2,1-4H3,(H2,23,24,29). The van der Waals surface area contributed by atoms with Gasteiger partial charge in [0.2, 0.25) is 0 Å². The molecule has 0 aliphatic heterocycles. The van der Waals surface area contributed by atoms with Gasteiger partial charge in [0.25, 0.3) is 0 Å². The van der Waals surface area contributed by atoms with E-state index in [4.69, 9.17) is 21.7 Å². The lowest BCUT2D eigenvalue weighted by molar-refractivity contribution is 0.395. The van der Waals surface area contributed by atoms with Crippen molar-refractivity contribution in [3.63, 3.8) is 0 Å². The van der Waals surface area contributed by atoms with Crippen LogP contribution in [0.5, 0.6) is 11.5 Å². The van der Waals surface area contributed by atoms with E-state index in [-0.39, 0.29) is 0 Å². The quantitative estimate of drug-likeness (QED) is 0.482. The van der Waals surface area contributed by atoms with Gasteiger partial charge in [0.05, 0.1) is 37.8 Å². The number of hydrogen-bond acceptors (Lipinski definition) is 4. The highest BCUT2D eigenvalue weighted by Crippen LogP contribution is 2.26. The molecular weight excluding hydrogens is 452 g/mol. The summed E-state index contributed by atoms with van der Waals surface area (Å²) in [5, 5.41) is 11.6. The molecule has 2 N–H and O–H groups in total. The molecule has 0 saturated heterocycles. The maximum Gasteiger partial charge on any atom is 0.175 e. The number of nitrogens with zero attached hydrogens (tertiary/aromatic N) is 2. The summed E-state index contributed by atoms with van der Waals surface area (Å²) in [6.45, 7) is 4.68. The summed E-state index contributed by atoms with van der Waals surface area (Å²) in [6, 6.07) is 13.7. The summed E-state index contributed by atoms with van der Waals surface area (Å²) < 4.78 is 13.6. The van der Waals surface area contributed by atoms with Crippen molar-refractivity contribution in [1.82, 2.24) is 9.78 Å². The summed E-state index contributed by atoms with van der Waals surface area (Å²) in [5.74, 6) is 1.37. The zero-order valence-electron chi connectivity index (χ0n) is 16.7. The number of thiocarbonyl (C=S) groups is 1.